The topological polar surface area (TPSA) is 88.2 Å². The smallest absolute Gasteiger partial charge is 0.269 e. The van der Waals surface area contributed by atoms with E-state index in [-0.39, 0.29) is 18.0 Å². The molecule has 2 aromatic heterocycles. The third-order valence-electron chi connectivity index (χ3n) is 3.91. The first kappa shape index (κ1) is 15.9. The minimum Gasteiger partial charge on any atom is -0.378 e. The number of nitriles is 1. The molecular weight excluding hydrogens is 308 g/mol. The Morgan fingerprint density at radius 3 is 2.75 bits per heavy atom. The number of rotatable bonds is 3. The minimum absolute atomic E-state index is 0.0115. The molecule has 0 saturated carbocycles. The lowest BCUT2D eigenvalue weighted by atomic mass is 10.1. The molecule has 3 rings (SSSR count). The highest BCUT2D eigenvalue weighted by molar-refractivity contribution is 5.77. The van der Waals surface area contributed by atoms with Gasteiger partial charge in [-0.15, -0.1) is 0 Å². The second-order valence-electron chi connectivity index (χ2n) is 5.37. The van der Waals surface area contributed by atoms with Gasteiger partial charge in [0.15, 0.2) is 0 Å². The summed E-state index contributed by atoms with van der Waals surface area (Å²) in [6.07, 6.45) is 3.25. The quantitative estimate of drug-likeness (QED) is 0.827. The third kappa shape index (κ3) is 3.19. The van der Waals surface area contributed by atoms with Crippen LogP contribution in [0.25, 0.3) is 11.3 Å². The van der Waals surface area contributed by atoms with E-state index in [4.69, 9.17) is 10.00 Å². The molecule has 7 nitrogen and oxygen atoms in total. The minimum atomic E-state index is -0.472. The van der Waals surface area contributed by atoms with Gasteiger partial charge in [0.25, 0.3) is 5.56 Å². The van der Waals surface area contributed by atoms with Crippen LogP contribution in [0.2, 0.25) is 0 Å². The van der Waals surface area contributed by atoms with Crippen LogP contribution in [0.3, 0.4) is 0 Å². The third-order valence-corrected chi connectivity index (χ3v) is 3.91. The van der Waals surface area contributed by atoms with Crippen molar-refractivity contribution in [2.24, 2.45) is 0 Å². The Morgan fingerprint density at radius 1 is 1.29 bits per heavy atom. The number of carbonyl (C=O) groups excluding carboxylic acids is 1. The van der Waals surface area contributed by atoms with E-state index >= 15 is 0 Å². The number of amides is 1. The van der Waals surface area contributed by atoms with E-state index in [1.165, 1.54) is 10.6 Å². The molecular formula is C17H16N4O3. The molecule has 1 aliphatic heterocycles. The Bertz CT molecular complexity index is 833. The molecule has 2 aromatic rings. The molecule has 122 valence electrons. The molecule has 3 heterocycles. The van der Waals surface area contributed by atoms with Crippen molar-refractivity contribution in [3.63, 3.8) is 0 Å². The lowest BCUT2D eigenvalue weighted by Crippen LogP contribution is -2.43. The molecule has 1 saturated heterocycles. The predicted octanol–water partition coefficient (Wildman–Crippen LogP) is 0.641. The van der Waals surface area contributed by atoms with Gasteiger partial charge < -0.3 is 9.64 Å². The highest BCUT2D eigenvalue weighted by Gasteiger charge is 2.20. The Hall–Kier alpha value is -2.98. The monoisotopic (exact) mass is 324 g/mol. The van der Waals surface area contributed by atoms with E-state index in [1.54, 1.807) is 29.4 Å². The largest absolute Gasteiger partial charge is 0.378 e. The number of nitrogens with zero attached hydrogens (tertiary/aromatic N) is 4. The van der Waals surface area contributed by atoms with Crippen molar-refractivity contribution in [1.82, 2.24) is 14.5 Å². The fourth-order valence-electron chi connectivity index (χ4n) is 2.63. The standard InChI is InChI=1S/C17H16N4O3/c18-10-13-3-4-15(14-2-1-5-19-11-14)21(17(13)23)12-16(22)20-6-8-24-9-7-20/h1-5,11H,6-9,12H2. The lowest BCUT2D eigenvalue weighted by Gasteiger charge is -2.27. The Morgan fingerprint density at radius 2 is 2.08 bits per heavy atom. The maximum absolute atomic E-state index is 12.5. The second-order valence-corrected chi connectivity index (χ2v) is 5.37. The van der Waals surface area contributed by atoms with E-state index in [1.807, 2.05) is 12.1 Å². The van der Waals surface area contributed by atoms with Crippen LogP contribution < -0.4 is 5.56 Å². The molecule has 24 heavy (non-hydrogen) atoms. The van der Waals surface area contributed by atoms with Crippen LogP contribution in [-0.2, 0) is 16.1 Å². The fraction of sp³-hybridized carbons (Fsp3) is 0.294. The van der Waals surface area contributed by atoms with E-state index < -0.39 is 5.56 Å². The number of hydrogen-bond acceptors (Lipinski definition) is 5. The summed E-state index contributed by atoms with van der Waals surface area (Å²) in [6, 6.07) is 8.58. The number of hydrogen-bond donors (Lipinski definition) is 0. The second kappa shape index (κ2) is 7.06. The van der Waals surface area contributed by atoms with E-state index in [9.17, 15) is 9.59 Å². The molecule has 0 N–H and O–H groups in total. The number of morpholine rings is 1. The van der Waals surface area contributed by atoms with E-state index in [2.05, 4.69) is 4.98 Å². The first-order chi connectivity index (χ1) is 11.7. The van der Waals surface area contributed by atoms with Gasteiger partial charge in [0.05, 0.1) is 18.9 Å². The normalized spacial score (nSPS) is 14.2. The van der Waals surface area contributed by atoms with Crippen molar-refractivity contribution in [2.45, 2.75) is 6.54 Å². The summed E-state index contributed by atoms with van der Waals surface area (Å²) in [5, 5.41) is 9.10. The van der Waals surface area contributed by atoms with Gasteiger partial charge in [-0.3, -0.25) is 19.1 Å². The average molecular weight is 324 g/mol. The van der Waals surface area contributed by atoms with Crippen molar-refractivity contribution in [3.8, 4) is 17.3 Å². The number of carbonyl (C=O) groups is 1. The number of ether oxygens (including phenoxy) is 1. The van der Waals surface area contributed by atoms with Crippen LogP contribution in [0.5, 0.6) is 0 Å². The van der Waals surface area contributed by atoms with Crippen LogP contribution in [0.4, 0.5) is 0 Å². The van der Waals surface area contributed by atoms with Gasteiger partial charge in [0.1, 0.15) is 18.2 Å². The fourth-order valence-corrected chi connectivity index (χ4v) is 2.63. The molecule has 0 spiro atoms. The molecule has 1 amide bonds. The molecule has 0 aliphatic carbocycles. The molecule has 0 atom stereocenters. The van der Waals surface area contributed by atoms with Gasteiger partial charge in [0.2, 0.25) is 5.91 Å². The van der Waals surface area contributed by atoms with Crippen molar-refractivity contribution in [3.05, 3.63) is 52.6 Å². The predicted molar refractivity (Wildman–Crippen MR) is 86.0 cm³/mol. The number of pyridine rings is 2. The highest BCUT2D eigenvalue weighted by atomic mass is 16.5. The van der Waals surface area contributed by atoms with Gasteiger partial charge in [-0.25, -0.2) is 0 Å². The maximum Gasteiger partial charge on any atom is 0.269 e. The first-order valence-electron chi connectivity index (χ1n) is 7.60. The Labute approximate surface area is 138 Å². The molecule has 7 heteroatoms. The van der Waals surface area contributed by atoms with Crippen LogP contribution >= 0.6 is 0 Å². The molecule has 1 fully saturated rings. The highest BCUT2D eigenvalue weighted by Crippen LogP contribution is 2.17. The summed E-state index contributed by atoms with van der Waals surface area (Å²) in [5.41, 5.74) is 0.820. The summed E-state index contributed by atoms with van der Waals surface area (Å²) < 4.78 is 6.58. The zero-order valence-corrected chi connectivity index (χ0v) is 13.0. The van der Waals surface area contributed by atoms with Gasteiger partial charge in [-0.05, 0) is 24.3 Å². The van der Waals surface area contributed by atoms with Crippen molar-refractivity contribution < 1.29 is 9.53 Å². The maximum atomic E-state index is 12.5. The molecule has 0 aromatic carbocycles. The van der Waals surface area contributed by atoms with Gasteiger partial charge in [0, 0.05) is 31.0 Å². The van der Waals surface area contributed by atoms with Gasteiger partial charge in [-0.2, -0.15) is 5.26 Å². The van der Waals surface area contributed by atoms with E-state index in [0.717, 1.165) is 0 Å². The Kier molecular flexibility index (Phi) is 4.68. The number of aromatic nitrogens is 2. The van der Waals surface area contributed by atoms with Gasteiger partial charge in [-0.1, -0.05) is 0 Å². The van der Waals surface area contributed by atoms with Crippen LogP contribution in [0.1, 0.15) is 5.56 Å². The van der Waals surface area contributed by atoms with Crippen molar-refractivity contribution in [2.75, 3.05) is 26.3 Å². The zero-order valence-electron chi connectivity index (χ0n) is 13.0. The molecule has 0 unspecified atom stereocenters. The molecule has 1 aliphatic rings. The average Bonchev–Trinajstić information content (AvgIpc) is 2.64. The van der Waals surface area contributed by atoms with E-state index in [0.29, 0.717) is 37.6 Å². The van der Waals surface area contributed by atoms with Crippen LogP contribution in [-0.4, -0.2) is 46.7 Å². The van der Waals surface area contributed by atoms with Crippen molar-refractivity contribution in [1.29, 1.82) is 5.26 Å². The molecule has 0 radical (unpaired) electrons. The summed E-state index contributed by atoms with van der Waals surface area (Å²) in [7, 11) is 0. The Balaban J connectivity index is 1.99. The first-order valence-corrected chi connectivity index (χ1v) is 7.60. The molecule has 0 bridgehead atoms. The van der Waals surface area contributed by atoms with Crippen LogP contribution in [0, 0.1) is 11.3 Å². The summed E-state index contributed by atoms with van der Waals surface area (Å²) in [5.74, 6) is -0.166. The van der Waals surface area contributed by atoms with Crippen LogP contribution in [0.15, 0.2) is 41.5 Å². The summed E-state index contributed by atoms with van der Waals surface area (Å²) in [6.45, 7) is 1.89. The SMILES string of the molecule is N#Cc1ccc(-c2cccnc2)n(CC(=O)N2CCOCC2)c1=O. The summed E-state index contributed by atoms with van der Waals surface area (Å²) >= 11 is 0. The lowest BCUT2D eigenvalue weighted by molar-refractivity contribution is -0.135. The summed E-state index contributed by atoms with van der Waals surface area (Å²) in [4.78, 5) is 30.8. The zero-order chi connectivity index (χ0) is 16.9. The van der Waals surface area contributed by atoms with Gasteiger partial charge >= 0.3 is 0 Å². The van der Waals surface area contributed by atoms with Crippen molar-refractivity contribution >= 4 is 5.91 Å².